The summed E-state index contributed by atoms with van der Waals surface area (Å²) in [7, 11) is 0. The van der Waals surface area contributed by atoms with Crippen LogP contribution in [0.4, 0.5) is 0 Å². The second-order valence-corrected chi connectivity index (χ2v) is 40.4. The van der Waals surface area contributed by atoms with Crippen LogP contribution in [0.15, 0.2) is 516 Å². The van der Waals surface area contributed by atoms with Crippen LogP contribution in [0.1, 0.15) is 18.0 Å². The summed E-state index contributed by atoms with van der Waals surface area (Å²) in [6.45, 7) is 0. The first kappa shape index (κ1) is 86.1. The highest BCUT2D eigenvalue weighted by Crippen LogP contribution is 2.61. The molecule has 0 amide bonds. The van der Waals surface area contributed by atoms with E-state index in [1.54, 1.807) is 0 Å². The van der Waals surface area contributed by atoms with E-state index in [4.69, 9.17) is 23.2 Å². The Balaban J connectivity index is 0.657. The van der Waals surface area contributed by atoms with Gasteiger partial charge in [-0.25, -0.2) is 0 Å². The van der Waals surface area contributed by atoms with Crippen molar-refractivity contribution in [3.63, 3.8) is 0 Å². The van der Waals surface area contributed by atoms with Gasteiger partial charge in [0.2, 0.25) is 0 Å². The maximum Gasteiger partial charge on any atom is 0.0560 e. The molecular weight excluding hydrogens is 1820 g/mol. The molecule has 4 heterocycles. The lowest BCUT2D eigenvalue weighted by Crippen LogP contribution is -2.09. The molecule has 0 spiro atoms. The first-order valence-corrected chi connectivity index (χ1v) is 51.7. The Morgan fingerprint density at radius 3 is 0.778 bits per heavy atom. The number of benzene rings is 22. The Kier molecular flexibility index (Phi) is 21.7. The average molecular weight is 1910 g/mol. The van der Waals surface area contributed by atoms with Gasteiger partial charge in [-0.1, -0.05) is 466 Å². The van der Waals surface area contributed by atoms with Gasteiger partial charge in [0.1, 0.15) is 0 Å². The summed E-state index contributed by atoms with van der Waals surface area (Å²) >= 11 is 18.0. The van der Waals surface area contributed by atoms with Crippen LogP contribution in [0.25, 0.3) is 262 Å². The lowest BCUT2D eigenvalue weighted by atomic mass is 9.73. The largest absolute Gasteiger partial charge is 0.333 e. The van der Waals surface area contributed by atoms with Gasteiger partial charge in [0.05, 0.1) is 17.1 Å². The molecule has 22 aromatic carbocycles. The van der Waals surface area contributed by atoms with Gasteiger partial charge in [-0.15, -0.1) is 22.7 Å². The van der Waals surface area contributed by atoms with Gasteiger partial charge in [0, 0.05) is 88.7 Å². The molecule has 0 fully saturated rings. The highest BCUT2D eigenvalue weighted by atomic mass is 35.5. The van der Waals surface area contributed by atoms with E-state index in [-0.39, 0.29) is 6.04 Å². The number of fused-ring (bicyclic) bond motifs is 12. The lowest BCUT2D eigenvalue weighted by Gasteiger charge is -2.30. The molecule has 0 bridgehead atoms. The van der Waals surface area contributed by atoms with Gasteiger partial charge >= 0.3 is 0 Å². The fourth-order valence-corrected chi connectivity index (χ4v) is 26.1. The summed E-state index contributed by atoms with van der Waals surface area (Å²) in [6.07, 6.45) is 8.18. The predicted octanol–water partition coefficient (Wildman–Crippen LogP) is 40.5. The average Bonchev–Trinajstić information content (AvgIpc) is 0.823. The summed E-state index contributed by atoms with van der Waals surface area (Å²) in [5.74, 6) is 0. The van der Waals surface area contributed by atoms with Crippen molar-refractivity contribution in [3.05, 3.63) is 531 Å². The number of rotatable bonds is 18. The van der Waals surface area contributed by atoms with Crippen LogP contribution in [0.3, 0.4) is 0 Å². The number of aromatic nitrogens is 2. The molecule has 4 aromatic heterocycles. The molecule has 0 saturated carbocycles. The van der Waals surface area contributed by atoms with E-state index in [1.165, 1.54) is 117 Å². The number of halogens is 2. The molecular formula is C138H88Cl2N2S2. The molecule has 1 unspecified atom stereocenters. The van der Waals surface area contributed by atoms with Gasteiger partial charge in [-0.05, 0) is 257 Å². The summed E-state index contributed by atoms with van der Waals surface area (Å²) in [4.78, 5) is 0. The number of allylic oxidation sites excluding steroid dienone is 4. The number of hydrogen-bond acceptors (Lipinski definition) is 2. The van der Waals surface area contributed by atoms with Crippen LogP contribution in [0, 0.1) is 0 Å². The van der Waals surface area contributed by atoms with E-state index in [0.29, 0.717) is 10.0 Å². The van der Waals surface area contributed by atoms with E-state index in [0.717, 1.165) is 157 Å². The van der Waals surface area contributed by atoms with Crippen molar-refractivity contribution < 1.29 is 0 Å². The zero-order valence-corrected chi connectivity index (χ0v) is 81.5. The Labute approximate surface area is 853 Å². The van der Waals surface area contributed by atoms with E-state index >= 15 is 0 Å². The number of nitrogens with zero attached hydrogens (tertiary/aromatic N) is 2. The van der Waals surface area contributed by atoms with Crippen molar-refractivity contribution in [2.75, 3.05) is 0 Å². The lowest BCUT2D eigenvalue weighted by molar-refractivity contribution is 0.649. The van der Waals surface area contributed by atoms with Crippen molar-refractivity contribution in [2.45, 2.75) is 12.5 Å². The van der Waals surface area contributed by atoms with Crippen LogP contribution < -0.4 is 0 Å². The molecule has 0 saturated heterocycles. The molecule has 26 aromatic rings. The molecule has 0 radical (unpaired) electrons. The Hall–Kier alpha value is -17.1. The Morgan fingerprint density at radius 1 is 0.194 bits per heavy atom. The standard InChI is InChI=1S/C138H88Cl2N2S2/c139-103-75-65-97(66-76-103)131-125(91-41-17-5-18-42-91)123(89-37-13-3-14-38-89)129(127(93-45-21-7-22-46-93)133(131)99-69-79-105(80-70-99)141-119-59-27-25-49-111(119)117-85-101(73-83-121(117)141)109-53-31-57-115-113-55-29-51-107(135(113)143-137(109)115)87-33-9-1-10-34-87)95-61-63-96(64-62-95)130-124(90-39-15-4-16-40-90)126(92-43-19-6-20-44-92)132(98-67-77-104(140)78-68-98)134(128(130)94-47-23-8-24-48-94)100-71-81-106(82-72-100)142-120-60-28-26-50-112(120)118-86-102(74-84-122(118)142)110-54-32-58-116-114-56-30-52-108(136(114)144-138(110)116)88-35-11-2-12-36-88/h1-81,83-86,106H,82H2. The van der Waals surface area contributed by atoms with Gasteiger partial charge in [0.25, 0.3) is 0 Å². The zero-order valence-electron chi connectivity index (χ0n) is 78.3. The molecule has 1 atom stereocenters. The molecule has 1 aliphatic carbocycles. The van der Waals surface area contributed by atoms with Crippen molar-refractivity contribution in [2.24, 2.45) is 0 Å². The van der Waals surface area contributed by atoms with Gasteiger partial charge < -0.3 is 9.13 Å². The third-order valence-electron chi connectivity index (χ3n) is 29.4. The Bertz CT molecular complexity index is 9580. The first-order chi connectivity index (χ1) is 71.3. The first-order valence-electron chi connectivity index (χ1n) is 49.3. The van der Waals surface area contributed by atoms with E-state index in [2.05, 4.69) is 513 Å². The molecule has 27 rings (SSSR count). The van der Waals surface area contributed by atoms with Crippen LogP contribution in [-0.4, -0.2) is 9.13 Å². The highest BCUT2D eigenvalue weighted by molar-refractivity contribution is 7.27. The number of para-hydroxylation sites is 2. The fourth-order valence-electron chi connectivity index (χ4n) is 23.1. The third-order valence-corrected chi connectivity index (χ3v) is 32.5. The minimum Gasteiger partial charge on any atom is -0.333 e. The Morgan fingerprint density at radius 2 is 0.438 bits per heavy atom. The summed E-state index contributed by atoms with van der Waals surface area (Å²) in [5, 5.41) is 11.3. The fraction of sp³-hybridized carbons (Fsp3) is 0.0145. The van der Waals surface area contributed by atoms with Gasteiger partial charge in [-0.3, -0.25) is 0 Å². The second-order valence-electron chi connectivity index (χ2n) is 37.5. The molecule has 0 N–H and O–H groups in total. The minimum atomic E-state index is -0.0326. The van der Waals surface area contributed by atoms with Crippen molar-refractivity contribution in [3.8, 4) is 173 Å². The molecule has 6 heteroatoms. The minimum absolute atomic E-state index is 0.0326. The van der Waals surface area contributed by atoms with Crippen LogP contribution >= 0.6 is 45.9 Å². The monoisotopic (exact) mass is 1910 g/mol. The van der Waals surface area contributed by atoms with Crippen molar-refractivity contribution >= 4 is 135 Å². The van der Waals surface area contributed by atoms with E-state index in [1.807, 2.05) is 34.8 Å². The van der Waals surface area contributed by atoms with Crippen LogP contribution in [0.5, 0.6) is 0 Å². The molecule has 0 aliphatic heterocycles. The molecule has 144 heavy (non-hydrogen) atoms. The van der Waals surface area contributed by atoms with Crippen LogP contribution in [0.2, 0.25) is 10.0 Å². The van der Waals surface area contributed by atoms with Gasteiger partial charge in [0.15, 0.2) is 0 Å². The smallest absolute Gasteiger partial charge is 0.0560 e. The van der Waals surface area contributed by atoms with Crippen molar-refractivity contribution in [1.29, 1.82) is 0 Å². The maximum atomic E-state index is 7.10. The van der Waals surface area contributed by atoms with Gasteiger partial charge in [-0.2, -0.15) is 0 Å². The predicted molar refractivity (Wildman–Crippen MR) is 618 cm³/mol. The third kappa shape index (κ3) is 14.7. The maximum absolute atomic E-state index is 7.10. The highest BCUT2D eigenvalue weighted by Gasteiger charge is 2.35. The van der Waals surface area contributed by atoms with Crippen molar-refractivity contribution in [1.82, 2.24) is 9.13 Å². The quantitative estimate of drug-likeness (QED) is 0.0810. The molecule has 1 aliphatic rings. The zero-order chi connectivity index (χ0) is 95.4. The topological polar surface area (TPSA) is 9.86 Å². The summed E-state index contributed by atoms with van der Waals surface area (Å²) in [6, 6.07) is 184. The molecule has 676 valence electrons. The SMILES string of the molecule is Clc1ccc(-c2c(C3=CCC(n4c5ccccc5c5cc(-c6cccc7c6sc6c(-c8ccccc8)cccc67)ccc54)C=C3)c(-c3ccccc3)c(-c3ccc(-c4c(-c5ccccc5)c(-c5ccccc5)c(-c5ccc(Cl)cc5)c(-c5ccc(-n6c7ccccc7c7cc(-c8cccc9c8sc8c(-c%10ccccc%10)cccc89)ccc76)cc5)c4-c4ccccc4)cc3)c(-c3ccccc3)c2-c2ccccc2)cc1. The van der Waals surface area contributed by atoms with E-state index < -0.39 is 0 Å². The summed E-state index contributed by atoms with van der Waals surface area (Å²) in [5.41, 5.74) is 41.9. The normalized spacial score (nSPS) is 12.7. The van der Waals surface area contributed by atoms with Crippen LogP contribution in [-0.2, 0) is 0 Å². The summed E-state index contributed by atoms with van der Waals surface area (Å²) < 4.78 is 10.3. The number of hydrogen-bond donors (Lipinski definition) is 0. The number of thiophene rings is 2. The van der Waals surface area contributed by atoms with E-state index in [9.17, 15) is 0 Å². The molecule has 2 nitrogen and oxygen atoms in total. The second kappa shape index (κ2) is 36.2.